The number of nitrogens with zero attached hydrogens (tertiary/aromatic N) is 2. The van der Waals surface area contributed by atoms with E-state index < -0.39 is 150 Å². The van der Waals surface area contributed by atoms with Crippen LogP contribution in [-0.4, -0.2) is 175 Å². The molecule has 0 unspecified atom stereocenters. The number of carbonyl (C=O) groups excluding carboxylic acids is 9. The van der Waals surface area contributed by atoms with Crippen molar-refractivity contribution >= 4 is 70.0 Å². The lowest BCUT2D eigenvalue weighted by molar-refractivity contribution is -0.144. The summed E-state index contributed by atoms with van der Waals surface area (Å²) in [5, 5.41) is 49.1. The number of hydrogen-bond acceptors (Lipinski definition) is 13. The van der Waals surface area contributed by atoms with Crippen LogP contribution in [0.25, 0.3) is 10.9 Å². The Morgan fingerprint density at radius 3 is 1.70 bits per heavy atom. The minimum Gasteiger partial charge on any atom is -0.480 e. The molecule has 2 aliphatic heterocycles. The molecule has 2 aromatic rings. The van der Waals surface area contributed by atoms with Gasteiger partial charge in [-0.05, 0) is 81.3 Å². The number of aliphatic hydroxyl groups excluding tert-OH is 2. The van der Waals surface area contributed by atoms with Crippen LogP contribution in [0.2, 0.25) is 0 Å². The lowest BCUT2D eigenvalue weighted by Gasteiger charge is -2.32. The summed E-state index contributed by atoms with van der Waals surface area (Å²) >= 11 is 0. The Morgan fingerprint density at radius 2 is 1.17 bits per heavy atom. The second-order valence-corrected chi connectivity index (χ2v) is 21.6. The maximum absolute atomic E-state index is 14.4. The number of para-hydroxylation sites is 1. The number of aliphatic carboxylic acids is 1. The molecule has 4 rings (SSSR count). The molecule has 13 N–H and O–H groups in total. The second kappa shape index (κ2) is 28.6. The van der Waals surface area contributed by atoms with E-state index in [2.05, 4.69) is 42.2 Å². The number of carbonyl (C=O) groups is 10. The van der Waals surface area contributed by atoms with Crippen molar-refractivity contribution in [1.29, 1.82) is 0 Å². The minimum atomic E-state index is -1.56. The van der Waals surface area contributed by atoms with Crippen LogP contribution in [0.5, 0.6) is 0 Å². The SMILES string of the molecule is CC[C@H](C)[C@H](NC(=O)[C@H](C)NC(=O)[C@H](Cc1c[nH]c2ccccc12)NC(=O)[C@@H]1CCCN1C(=O)[C@@H](N)[C@@H](C)O)C(=O)N[C@@H](CC(C)C)C(=O)N1CCC[C@H]1C(=O)N[C@@H](CO)C(=O)N[C@H](C(=O)N[C@H](C(=O)O)C(C)C)C(C)C. The van der Waals surface area contributed by atoms with Gasteiger partial charge in [0.05, 0.1) is 12.7 Å². The number of hydrogen-bond donors (Lipinski definition) is 12. The first-order valence-electron chi connectivity index (χ1n) is 26.8. The second-order valence-electron chi connectivity index (χ2n) is 21.6. The Hall–Kier alpha value is -6.66. The monoisotopic (exact) mass is 1080 g/mol. The van der Waals surface area contributed by atoms with Crippen molar-refractivity contribution in [2.45, 2.75) is 181 Å². The van der Waals surface area contributed by atoms with Gasteiger partial charge in [0, 0.05) is 36.6 Å². The molecular formula is C53H83N11O13. The molecule has 428 valence electrons. The molecule has 2 aliphatic rings. The summed E-state index contributed by atoms with van der Waals surface area (Å²) in [5.41, 5.74) is 7.42. The maximum atomic E-state index is 14.4. The van der Waals surface area contributed by atoms with E-state index >= 15 is 0 Å². The van der Waals surface area contributed by atoms with Gasteiger partial charge in [-0.25, -0.2) is 4.79 Å². The molecule has 1 aromatic heterocycles. The summed E-state index contributed by atoms with van der Waals surface area (Å²) in [6.45, 7) is 15.9. The zero-order chi connectivity index (χ0) is 57.6. The fourth-order valence-electron chi connectivity index (χ4n) is 9.52. The number of likely N-dealkylation sites (tertiary alicyclic amines) is 2. The van der Waals surface area contributed by atoms with Crippen molar-refractivity contribution in [1.82, 2.24) is 52.0 Å². The molecule has 24 nitrogen and oxygen atoms in total. The van der Waals surface area contributed by atoms with E-state index in [-0.39, 0.29) is 44.7 Å². The van der Waals surface area contributed by atoms with Gasteiger partial charge in [0.2, 0.25) is 53.2 Å². The number of fused-ring (bicyclic) bond motifs is 1. The number of rotatable bonds is 27. The predicted molar refractivity (Wildman–Crippen MR) is 284 cm³/mol. The summed E-state index contributed by atoms with van der Waals surface area (Å²) < 4.78 is 0. The number of aliphatic hydroxyl groups is 2. The molecule has 0 radical (unpaired) electrons. The average molecular weight is 1080 g/mol. The minimum absolute atomic E-state index is 0.0147. The topological polar surface area (TPSA) is 364 Å². The maximum Gasteiger partial charge on any atom is 0.326 e. The van der Waals surface area contributed by atoms with E-state index in [1.165, 1.54) is 23.6 Å². The molecule has 2 fully saturated rings. The Balaban J connectivity index is 1.48. The first kappa shape index (κ1) is 62.9. The zero-order valence-corrected chi connectivity index (χ0v) is 46.0. The van der Waals surface area contributed by atoms with E-state index in [0.29, 0.717) is 24.8 Å². The first-order chi connectivity index (χ1) is 36.2. The highest BCUT2D eigenvalue weighted by Crippen LogP contribution is 2.24. The predicted octanol–water partition coefficient (Wildman–Crippen LogP) is -0.705. The number of aromatic amines is 1. The van der Waals surface area contributed by atoms with Gasteiger partial charge in [0.15, 0.2) is 0 Å². The Labute approximate surface area is 449 Å². The van der Waals surface area contributed by atoms with Crippen LogP contribution >= 0.6 is 0 Å². The smallest absolute Gasteiger partial charge is 0.326 e. The summed E-state index contributed by atoms with van der Waals surface area (Å²) in [7, 11) is 0. The third-order valence-corrected chi connectivity index (χ3v) is 14.4. The lowest BCUT2D eigenvalue weighted by Crippen LogP contribution is -2.61. The van der Waals surface area contributed by atoms with Crippen molar-refractivity contribution in [2.24, 2.45) is 29.4 Å². The fraction of sp³-hybridized carbons (Fsp3) is 0.660. The van der Waals surface area contributed by atoms with Gasteiger partial charge in [-0.15, -0.1) is 0 Å². The summed E-state index contributed by atoms with van der Waals surface area (Å²) in [4.78, 5) is 142. The van der Waals surface area contributed by atoms with Crippen LogP contribution in [0.15, 0.2) is 30.5 Å². The van der Waals surface area contributed by atoms with E-state index in [1.54, 1.807) is 47.7 Å². The molecule has 0 saturated carbocycles. The number of carboxylic acid groups (broad SMARTS) is 1. The number of benzene rings is 1. The Kier molecular flexibility index (Phi) is 23.4. The fourth-order valence-corrected chi connectivity index (χ4v) is 9.52. The van der Waals surface area contributed by atoms with Crippen LogP contribution < -0.4 is 43.0 Å². The standard InChI is InChI=1S/C53H83N11O13/c1-11-29(8)43(62-44(67)30(9)56-45(68)35(23-32-24-55-34-17-13-12-16-33(32)34)57-47(70)39-19-15-21-64(39)52(75)40(54)31(10)66)50(73)58-36(22-26(2)3)51(74)63-20-14-18-38(63)48(71)59-37(25-65)46(69)60-41(27(4)5)49(72)61-42(28(6)7)53(76)77/h12-13,16-17,24,26-31,35-43,55,65-66H,11,14-15,18-23,25,54H2,1-10H3,(H,56,68)(H,57,70)(H,58,73)(H,59,71)(H,60,69)(H,61,72)(H,62,67)(H,76,77)/t29-,30-,31+,35-,36-,37-,38-,39-,40-,41-,42-,43-/m0/s1. The molecule has 0 spiro atoms. The summed E-state index contributed by atoms with van der Waals surface area (Å²) in [6.07, 6.45) is 2.40. The quantitative estimate of drug-likeness (QED) is 0.0527. The van der Waals surface area contributed by atoms with Crippen molar-refractivity contribution in [3.63, 3.8) is 0 Å². The Bertz CT molecular complexity index is 2430. The number of carboxylic acids is 1. The van der Waals surface area contributed by atoms with Gasteiger partial charge < -0.3 is 73.1 Å². The molecule has 0 bridgehead atoms. The van der Waals surface area contributed by atoms with Gasteiger partial charge in [-0.2, -0.15) is 0 Å². The van der Waals surface area contributed by atoms with E-state index in [0.717, 1.165) is 10.9 Å². The zero-order valence-electron chi connectivity index (χ0n) is 46.0. The third kappa shape index (κ3) is 16.7. The third-order valence-electron chi connectivity index (χ3n) is 14.4. The van der Waals surface area contributed by atoms with Crippen LogP contribution in [0.4, 0.5) is 0 Å². The summed E-state index contributed by atoms with van der Waals surface area (Å²) in [5.74, 6) is -9.38. The molecular weight excluding hydrogens is 999 g/mol. The highest BCUT2D eigenvalue weighted by Gasteiger charge is 2.42. The normalized spacial score (nSPS) is 19.5. The van der Waals surface area contributed by atoms with E-state index in [1.807, 2.05) is 38.1 Å². The van der Waals surface area contributed by atoms with Crippen LogP contribution in [0.3, 0.4) is 0 Å². The Morgan fingerprint density at radius 1 is 0.649 bits per heavy atom. The highest BCUT2D eigenvalue weighted by atomic mass is 16.4. The number of nitrogens with one attached hydrogen (secondary N) is 8. The first-order valence-corrected chi connectivity index (χ1v) is 26.8. The van der Waals surface area contributed by atoms with E-state index in [9.17, 15) is 63.3 Å². The van der Waals surface area contributed by atoms with Gasteiger partial charge in [0.1, 0.15) is 60.4 Å². The average Bonchev–Trinajstić information content (AvgIpc) is 4.17. The van der Waals surface area contributed by atoms with Crippen molar-refractivity contribution in [3.05, 3.63) is 36.0 Å². The molecule has 9 amide bonds. The van der Waals surface area contributed by atoms with Crippen molar-refractivity contribution in [2.75, 3.05) is 19.7 Å². The molecule has 12 atom stereocenters. The van der Waals surface area contributed by atoms with Gasteiger partial charge in [-0.1, -0.05) is 80.0 Å². The highest BCUT2D eigenvalue weighted by molar-refractivity contribution is 5.99. The van der Waals surface area contributed by atoms with Crippen molar-refractivity contribution < 1.29 is 63.3 Å². The molecule has 1 aromatic carbocycles. The number of H-pyrrole nitrogens is 1. The van der Waals surface area contributed by atoms with Gasteiger partial charge in [-0.3, -0.25) is 43.2 Å². The largest absolute Gasteiger partial charge is 0.480 e. The summed E-state index contributed by atoms with van der Waals surface area (Å²) in [6, 6.07) is -4.91. The number of nitrogens with two attached hydrogens (primary N) is 1. The van der Waals surface area contributed by atoms with Crippen LogP contribution in [0.1, 0.15) is 113 Å². The van der Waals surface area contributed by atoms with Gasteiger partial charge >= 0.3 is 5.97 Å². The van der Waals surface area contributed by atoms with Gasteiger partial charge in [0.25, 0.3) is 0 Å². The number of amides is 9. The van der Waals surface area contributed by atoms with Crippen LogP contribution in [-0.2, 0) is 54.4 Å². The lowest BCUT2D eigenvalue weighted by atomic mass is 9.96. The van der Waals surface area contributed by atoms with Crippen LogP contribution in [0, 0.1) is 23.7 Å². The molecule has 3 heterocycles. The number of aromatic nitrogens is 1. The molecule has 2 saturated heterocycles. The van der Waals surface area contributed by atoms with Crippen molar-refractivity contribution in [3.8, 4) is 0 Å². The molecule has 77 heavy (non-hydrogen) atoms. The molecule has 0 aliphatic carbocycles. The molecule has 24 heteroatoms. The van der Waals surface area contributed by atoms with E-state index in [4.69, 9.17) is 5.73 Å².